The molecular formula is C19H15ClN4O2S. The Labute approximate surface area is 164 Å². The summed E-state index contributed by atoms with van der Waals surface area (Å²) in [6.45, 7) is 0. The van der Waals surface area contributed by atoms with Gasteiger partial charge in [0.2, 0.25) is 11.8 Å². The first kappa shape index (κ1) is 17.5. The number of ether oxygens (including phenoxy) is 1. The molecular weight excluding hydrogens is 384 g/mol. The van der Waals surface area contributed by atoms with Crippen LogP contribution in [0.4, 0.5) is 5.69 Å². The minimum atomic E-state index is -0.122. The third kappa shape index (κ3) is 3.79. The van der Waals surface area contributed by atoms with Crippen molar-refractivity contribution in [1.29, 1.82) is 0 Å². The van der Waals surface area contributed by atoms with Crippen LogP contribution in [0, 0.1) is 0 Å². The van der Waals surface area contributed by atoms with Gasteiger partial charge < -0.3 is 10.1 Å². The van der Waals surface area contributed by atoms with E-state index in [1.807, 2.05) is 40.2 Å². The largest absolute Gasteiger partial charge is 0.481 e. The minimum Gasteiger partial charge on any atom is -0.481 e. The van der Waals surface area contributed by atoms with E-state index in [-0.39, 0.29) is 12.3 Å². The molecule has 6 nitrogen and oxygen atoms in total. The number of carbonyl (C=O) groups is 1. The SMILES string of the molecule is COc1ccc(NC(=O)Cc2csc3nc(-c4ccc(Cl)cc4)cn23)cn1. The van der Waals surface area contributed by atoms with Gasteiger partial charge in [0.15, 0.2) is 4.96 Å². The molecule has 0 atom stereocenters. The summed E-state index contributed by atoms with van der Waals surface area (Å²) >= 11 is 7.45. The van der Waals surface area contributed by atoms with E-state index < -0.39 is 0 Å². The van der Waals surface area contributed by atoms with Crippen molar-refractivity contribution in [2.45, 2.75) is 6.42 Å². The van der Waals surface area contributed by atoms with E-state index in [9.17, 15) is 4.79 Å². The Morgan fingerprint density at radius 1 is 1.26 bits per heavy atom. The van der Waals surface area contributed by atoms with Gasteiger partial charge in [-0.25, -0.2) is 9.97 Å². The molecule has 0 saturated heterocycles. The molecule has 0 saturated carbocycles. The molecule has 27 heavy (non-hydrogen) atoms. The zero-order valence-electron chi connectivity index (χ0n) is 14.3. The van der Waals surface area contributed by atoms with Crippen molar-refractivity contribution in [1.82, 2.24) is 14.4 Å². The Bertz CT molecular complexity index is 1090. The van der Waals surface area contributed by atoms with Crippen molar-refractivity contribution in [3.63, 3.8) is 0 Å². The number of anilines is 1. The Balaban J connectivity index is 1.51. The smallest absolute Gasteiger partial charge is 0.230 e. The van der Waals surface area contributed by atoms with Crippen molar-refractivity contribution < 1.29 is 9.53 Å². The number of amides is 1. The van der Waals surface area contributed by atoms with Gasteiger partial charge in [-0.15, -0.1) is 11.3 Å². The number of carbonyl (C=O) groups excluding carboxylic acids is 1. The van der Waals surface area contributed by atoms with Gasteiger partial charge in [-0.05, 0) is 18.2 Å². The number of benzene rings is 1. The van der Waals surface area contributed by atoms with Crippen LogP contribution in [0.3, 0.4) is 0 Å². The van der Waals surface area contributed by atoms with Crippen molar-refractivity contribution in [3.05, 3.63) is 64.9 Å². The van der Waals surface area contributed by atoms with E-state index in [2.05, 4.69) is 15.3 Å². The summed E-state index contributed by atoms with van der Waals surface area (Å²) in [5.74, 6) is 0.379. The van der Waals surface area contributed by atoms with E-state index in [0.29, 0.717) is 16.6 Å². The van der Waals surface area contributed by atoms with Crippen LogP contribution in [-0.2, 0) is 11.2 Å². The predicted octanol–water partition coefficient (Wildman–Crippen LogP) is 4.30. The van der Waals surface area contributed by atoms with E-state index >= 15 is 0 Å². The molecule has 1 amide bonds. The molecule has 4 aromatic rings. The first-order valence-electron chi connectivity index (χ1n) is 8.13. The number of methoxy groups -OCH3 is 1. The molecule has 3 aromatic heterocycles. The summed E-state index contributed by atoms with van der Waals surface area (Å²) in [5, 5.41) is 5.47. The number of nitrogens with one attached hydrogen (secondary N) is 1. The second-order valence-corrected chi connectivity index (χ2v) is 7.10. The van der Waals surface area contributed by atoms with Gasteiger partial charge in [0.25, 0.3) is 0 Å². The topological polar surface area (TPSA) is 68.5 Å². The van der Waals surface area contributed by atoms with Crippen LogP contribution < -0.4 is 10.1 Å². The van der Waals surface area contributed by atoms with Gasteiger partial charge in [0.05, 0.1) is 31.1 Å². The van der Waals surface area contributed by atoms with Gasteiger partial charge in [-0.2, -0.15) is 0 Å². The van der Waals surface area contributed by atoms with Crippen LogP contribution in [-0.4, -0.2) is 27.4 Å². The maximum atomic E-state index is 12.4. The number of fused-ring (bicyclic) bond motifs is 1. The highest BCUT2D eigenvalue weighted by Crippen LogP contribution is 2.25. The number of hydrogen-bond donors (Lipinski definition) is 1. The fourth-order valence-corrected chi connectivity index (χ4v) is 3.66. The molecule has 136 valence electrons. The lowest BCUT2D eigenvalue weighted by molar-refractivity contribution is -0.115. The number of rotatable bonds is 5. The highest BCUT2D eigenvalue weighted by Gasteiger charge is 2.13. The number of halogens is 1. The Morgan fingerprint density at radius 3 is 2.78 bits per heavy atom. The fraction of sp³-hybridized carbons (Fsp3) is 0.105. The molecule has 1 N–H and O–H groups in total. The molecule has 8 heteroatoms. The number of hydrogen-bond acceptors (Lipinski definition) is 5. The van der Waals surface area contributed by atoms with Crippen LogP contribution >= 0.6 is 22.9 Å². The molecule has 0 spiro atoms. The standard InChI is InChI=1S/C19H15ClN4O2S/c1-26-18-7-6-14(9-21-18)22-17(25)8-15-11-27-19-23-16(10-24(15)19)12-2-4-13(20)5-3-12/h2-7,9-11H,8H2,1H3,(H,22,25). The average molecular weight is 399 g/mol. The highest BCUT2D eigenvalue weighted by molar-refractivity contribution is 7.15. The van der Waals surface area contributed by atoms with Crippen molar-refractivity contribution in [2.24, 2.45) is 0 Å². The Morgan fingerprint density at radius 2 is 2.07 bits per heavy atom. The van der Waals surface area contributed by atoms with Gasteiger partial charge >= 0.3 is 0 Å². The van der Waals surface area contributed by atoms with E-state index in [1.54, 1.807) is 25.4 Å². The highest BCUT2D eigenvalue weighted by atomic mass is 35.5. The van der Waals surface area contributed by atoms with E-state index in [0.717, 1.165) is 21.9 Å². The fourth-order valence-electron chi connectivity index (χ4n) is 2.66. The normalized spacial score (nSPS) is 10.9. The summed E-state index contributed by atoms with van der Waals surface area (Å²) in [5.41, 5.74) is 3.33. The molecule has 3 heterocycles. The third-order valence-corrected chi connectivity index (χ3v) is 5.13. The van der Waals surface area contributed by atoms with Crippen LogP contribution in [0.2, 0.25) is 5.02 Å². The number of thiazole rings is 1. The summed E-state index contributed by atoms with van der Waals surface area (Å²) in [6, 6.07) is 11.0. The van der Waals surface area contributed by atoms with Crippen LogP contribution in [0.5, 0.6) is 5.88 Å². The lowest BCUT2D eigenvalue weighted by atomic mass is 10.2. The van der Waals surface area contributed by atoms with Crippen LogP contribution in [0.25, 0.3) is 16.2 Å². The summed E-state index contributed by atoms with van der Waals surface area (Å²) in [6.07, 6.45) is 3.74. The molecule has 4 rings (SSSR count). The molecule has 0 aliphatic heterocycles. The molecule has 0 aliphatic rings. The number of aromatic nitrogens is 3. The van der Waals surface area contributed by atoms with Crippen molar-refractivity contribution in [2.75, 3.05) is 12.4 Å². The van der Waals surface area contributed by atoms with Crippen molar-refractivity contribution >= 4 is 39.5 Å². The summed E-state index contributed by atoms with van der Waals surface area (Å²) < 4.78 is 6.96. The monoisotopic (exact) mass is 398 g/mol. The van der Waals surface area contributed by atoms with Gasteiger partial charge in [-0.1, -0.05) is 23.7 Å². The molecule has 1 aromatic carbocycles. The zero-order chi connectivity index (χ0) is 18.8. The molecule has 0 fully saturated rings. The first-order chi connectivity index (χ1) is 13.1. The quantitative estimate of drug-likeness (QED) is 0.544. The number of imidazole rings is 1. The number of nitrogens with zero attached hydrogens (tertiary/aromatic N) is 3. The zero-order valence-corrected chi connectivity index (χ0v) is 15.9. The Hall–Kier alpha value is -2.90. The Kier molecular flexibility index (Phi) is 4.79. The maximum Gasteiger partial charge on any atom is 0.230 e. The lowest BCUT2D eigenvalue weighted by Gasteiger charge is -2.05. The summed E-state index contributed by atoms with van der Waals surface area (Å²) in [4.78, 5) is 21.9. The maximum absolute atomic E-state index is 12.4. The van der Waals surface area contributed by atoms with Crippen LogP contribution in [0.1, 0.15) is 5.69 Å². The molecule has 0 unspecified atom stereocenters. The molecule has 0 aliphatic carbocycles. The molecule has 0 radical (unpaired) electrons. The van der Waals surface area contributed by atoms with E-state index in [4.69, 9.17) is 16.3 Å². The van der Waals surface area contributed by atoms with E-state index in [1.165, 1.54) is 11.3 Å². The van der Waals surface area contributed by atoms with Gasteiger partial charge in [-0.3, -0.25) is 9.20 Å². The first-order valence-corrected chi connectivity index (χ1v) is 9.39. The average Bonchev–Trinajstić information content (AvgIpc) is 3.25. The van der Waals surface area contributed by atoms with Gasteiger partial charge in [0, 0.05) is 33.9 Å². The number of pyridine rings is 1. The second kappa shape index (κ2) is 7.38. The second-order valence-electron chi connectivity index (χ2n) is 5.83. The van der Waals surface area contributed by atoms with Crippen LogP contribution in [0.15, 0.2) is 54.2 Å². The van der Waals surface area contributed by atoms with Crippen molar-refractivity contribution in [3.8, 4) is 17.1 Å². The summed E-state index contributed by atoms with van der Waals surface area (Å²) in [7, 11) is 1.55. The molecule has 0 bridgehead atoms. The third-order valence-electron chi connectivity index (χ3n) is 3.99. The lowest BCUT2D eigenvalue weighted by Crippen LogP contribution is -2.15. The predicted molar refractivity (Wildman–Crippen MR) is 107 cm³/mol. The minimum absolute atomic E-state index is 0.122. The van der Waals surface area contributed by atoms with Gasteiger partial charge in [0.1, 0.15) is 0 Å².